The summed E-state index contributed by atoms with van der Waals surface area (Å²) in [5.74, 6) is 0.532. The van der Waals surface area contributed by atoms with Gasteiger partial charge >= 0.3 is 0 Å². The molecule has 0 saturated heterocycles. The van der Waals surface area contributed by atoms with Gasteiger partial charge in [-0.2, -0.15) is 0 Å². The van der Waals surface area contributed by atoms with Gasteiger partial charge in [-0.3, -0.25) is 0 Å². The Morgan fingerprint density at radius 2 is 1.66 bits per heavy atom. The first-order valence-corrected chi connectivity index (χ1v) is 10.9. The Bertz CT molecular complexity index is 1120. The number of nitrogens with zero attached hydrogens (tertiary/aromatic N) is 4. The third kappa shape index (κ3) is 3.81. The van der Waals surface area contributed by atoms with E-state index < -0.39 is 0 Å². The second-order valence-electron chi connectivity index (χ2n) is 8.83. The minimum atomic E-state index is 0.426. The van der Waals surface area contributed by atoms with Crippen LogP contribution in [-0.4, -0.2) is 19.1 Å². The fraction of sp³-hybridized carbons (Fsp3) is 0.440. The Kier molecular flexibility index (Phi) is 5.44. The molecule has 152 valence electrons. The zero-order chi connectivity index (χ0) is 20.5. The molecule has 2 aromatic heterocycles. The summed E-state index contributed by atoms with van der Waals surface area (Å²) in [5, 5.41) is 0. The maximum atomic E-state index is 4.70. The lowest BCUT2D eigenvalue weighted by Crippen LogP contribution is -2.05. The zero-order valence-corrected chi connectivity index (χ0v) is 18.3. The normalized spacial score (nSPS) is 13.2. The Hall–Kier alpha value is -2.62. The van der Waals surface area contributed by atoms with Crippen LogP contribution >= 0.6 is 0 Å². The summed E-state index contributed by atoms with van der Waals surface area (Å²) in [6.45, 7) is 11.2. The van der Waals surface area contributed by atoms with Crippen molar-refractivity contribution in [2.45, 2.75) is 71.9 Å². The summed E-state index contributed by atoms with van der Waals surface area (Å²) in [6.07, 6.45) is 7.30. The Labute approximate surface area is 173 Å². The standard InChI is InChI=1S/C25H32N4/c1-17(2)21-12-13-22-24(14-21)29(15-26-22)19(5)8-6-9-20-10-7-11-23-25(20)27-16-28(23)18(3)4/h7,10-19H,6,8-9H2,1-5H3. The molecule has 0 fully saturated rings. The van der Waals surface area contributed by atoms with Gasteiger partial charge in [0.25, 0.3) is 0 Å². The van der Waals surface area contributed by atoms with E-state index in [1.54, 1.807) is 0 Å². The van der Waals surface area contributed by atoms with Crippen LogP contribution in [0.25, 0.3) is 22.1 Å². The van der Waals surface area contributed by atoms with Gasteiger partial charge in [0.05, 0.1) is 34.7 Å². The van der Waals surface area contributed by atoms with Crippen LogP contribution in [0.2, 0.25) is 0 Å². The number of rotatable bonds is 7. The number of benzene rings is 2. The second kappa shape index (κ2) is 8.02. The molecular formula is C25H32N4. The Morgan fingerprint density at radius 1 is 0.862 bits per heavy atom. The van der Waals surface area contributed by atoms with Crippen molar-refractivity contribution in [2.75, 3.05) is 0 Å². The summed E-state index contributed by atoms with van der Waals surface area (Å²) < 4.78 is 4.60. The summed E-state index contributed by atoms with van der Waals surface area (Å²) in [7, 11) is 0. The van der Waals surface area contributed by atoms with Gasteiger partial charge in [-0.15, -0.1) is 0 Å². The summed E-state index contributed by atoms with van der Waals surface area (Å²) in [4.78, 5) is 9.32. The number of aryl methyl sites for hydroxylation is 1. The molecule has 4 nitrogen and oxygen atoms in total. The van der Waals surface area contributed by atoms with E-state index in [1.165, 1.54) is 22.2 Å². The fourth-order valence-electron chi connectivity index (χ4n) is 4.21. The lowest BCUT2D eigenvalue weighted by molar-refractivity contribution is 0.499. The highest BCUT2D eigenvalue weighted by molar-refractivity contribution is 5.79. The Balaban J connectivity index is 1.48. The van der Waals surface area contributed by atoms with E-state index in [0.29, 0.717) is 18.0 Å². The van der Waals surface area contributed by atoms with Gasteiger partial charge in [0, 0.05) is 12.1 Å². The summed E-state index contributed by atoms with van der Waals surface area (Å²) in [6, 6.07) is 14.1. The molecule has 0 amide bonds. The minimum absolute atomic E-state index is 0.426. The number of aromatic nitrogens is 4. The minimum Gasteiger partial charge on any atom is -0.328 e. The molecule has 4 aromatic rings. The number of para-hydroxylation sites is 1. The zero-order valence-electron chi connectivity index (χ0n) is 18.3. The smallest absolute Gasteiger partial charge is 0.0960 e. The highest BCUT2D eigenvalue weighted by Gasteiger charge is 2.13. The monoisotopic (exact) mass is 388 g/mol. The number of hydrogen-bond donors (Lipinski definition) is 0. The predicted molar refractivity (Wildman–Crippen MR) is 122 cm³/mol. The van der Waals surface area contributed by atoms with Crippen molar-refractivity contribution < 1.29 is 0 Å². The highest BCUT2D eigenvalue weighted by Crippen LogP contribution is 2.26. The van der Waals surface area contributed by atoms with Crippen LogP contribution in [0.15, 0.2) is 49.1 Å². The highest BCUT2D eigenvalue weighted by atomic mass is 15.1. The molecule has 0 N–H and O–H groups in total. The average Bonchev–Trinajstić information content (AvgIpc) is 3.32. The molecule has 0 bridgehead atoms. The number of hydrogen-bond acceptors (Lipinski definition) is 2. The molecule has 29 heavy (non-hydrogen) atoms. The molecule has 2 heterocycles. The van der Waals surface area contributed by atoms with Crippen molar-refractivity contribution in [3.05, 3.63) is 60.2 Å². The molecule has 0 spiro atoms. The van der Waals surface area contributed by atoms with Crippen molar-refractivity contribution in [3.8, 4) is 0 Å². The first kappa shape index (κ1) is 19.7. The van der Waals surface area contributed by atoms with Crippen LogP contribution in [0.4, 0.5) is 0 Å². The van der Waals surface area contributed by atoms with Crippen molar-refractivity contribution in [3.63, 3.8) is 0 Å². The van der Waals surface area contributed by atoms with Gasteiger partial charge in [0.2, 0.25) is 0 Å². The largest absolute Gasteiger partial charge is 0.328 e. The van der Waals surface area contributed by atoms with E-state index >= 15 is 0 Å². The molecular weight excluding hydrogens is 356 g/mol. The fourth-order valence-corrected chi connectivity index (χ4v) is 4.21. The van der Waals surface area contributed by atoms with Crippen molar-refractivity contribution in [1.29, 1.82) is 0 Å². The first-order chi connectivity index (χ1) is 14.0. The van der Waals surface area contributed by atoms with Gasteiger partial charge < -0.3 is 9.13 Å². The quantitative estimate of drug-likeness (QED) is 0.354. The molecule has 0 aliphatic heterocycles. The molecule has 0 aliphatic rings. The number of fused-ring (bicyclic) bond motifs is 2. The molecule has 0 saturated carbocycles. The van der Waals surface area contributed by atoms with Gasteiger partial charge in [0.1, 0.15) is 0 Å². The second-order valence-corrected chi connectivity index (χ2v) is 8.83. The SMILES string of the molecule is CC(C)c1ccc2ncn(C(C)CCCc3cccc4c3ncn4C(C)C)c2c1. The molecule has 4 heteroatoms. The van der Waals surface area contributed by atoms with Gasteiger partial charge in [0.15, 0.2) is 0 Å². The van der Waals surface area contributed by atoms with Crippen LogP contribution in [-0.2, 0) is 6.42 Å². The van der Waals surface area contributed by atoms with E-state index in [0.717, 1.165) is 30.3 Å². The maximum Gasteiger partial charge on any atom is 0.0960 e. The van der Waals surface area contributed by atoms with E-state index in [4.69, 9.17) is 4.98 Å². The van der Waals surface area contributed by atoms with Crippen LogP contribution in [0, 0.1) is 0 Å². The van der Waals surface area contributed by atoms with Gasteiger partial charge in [-0.05, 0) is 75.3 Å². The van der Waals surface area contributed by atoms with Gasteiger partial charge in [-0.1, -0.05) is 32.0 Å². The van der Waals surface area contributed by atoms with Crippen molar-refractivity contribution >= 4 is 22.1 Å². The molecule has 0 aliphatic carbocycles. The van der Waals surface area contributed by atoms with E-state index in [-0.39, 0.29) is 0 Å². The van der Waals surface area contributed by atoms with Crippen LogP contribution < -0.4 is 0 Å². The van der Waals surface area contributed by atoms with Gasteiger partial charge in [-0.25, -0.2) is 9.97 Å². The third-order valence-corrected chi connectivity index (χ3v) is 6.05. The first-order valence-electron chi connectivity index (χ1n) is 10.9. The molecule has 1 unspecified atom stereocenters. The van der Waals surface area contributed by atoms with Crippen LogP contribution in [0.3, 0.4) is 0 Å². The summed E-state index contributed by atoms with van der Waals surface area (Å²) in [5.41, 5.74) is 7.47. The molecule has 0 radical (unpaired) electrons. The van der Waals surface area contributed by atoms with Crippen molar-refractivity contribution in [1.82, 2.24) is 19.1 Å². The average molecular weight is 389 g/mol. The molecule has 2 aromatic carbocycles. The van der Waals surface area contributed by atoms with E-state index in [1.807, 2.05) is 12.7 Å². The molecule has 1 atom stereocenters. The lowest BCUT2D eigenvalue weighted by atomic mass is 10.0. The lowest BCUT2D eigenvalue weighted by Gasteiger charge is -2.15. The van der Waals surface area contributed by atoms with Crippen molar-refractivity contribution in [2.24, 2.45) is 0 Å². The summed E-state index contributed by atoms with van der Waals surface area (Å²) >= 11 is 0. The topological polar surface area (TPSA) is 35.6 Å². The maximum absolute atomic E-state index is 4.70. The Morgan fingerprint density at radius 3 is 2.41 bits per heavy atom. The predicted octanol–water partition coefficient (Wildman–Crippen LogP) is 6.67. The molecule has 4 rings (SSSR count). The van der Waals surface area contributed by atoms with E-state index in [2.05, 4.69) is 85.1 Å². The van der Waals surface area contributed by atoms with Crippen LogP contribution in [0.1, 0.15) is 76.6 Å². The van der Waals surface area contributed by atoms with E-state index in [9.17, 15) is 0 Å². The third-order valence-electron chi connectivity index (χ3n) is 6.05. The number of imidazole rings is 2. The van der Waals surface area contributed by atoms with Crippen LogP contribution in [0.5, 0.6) is 0 Å².